The van der Waals surface area contributed by atoms with E-state index in [0.29, 0.717) is 18.8 Å². The van der Waals surface area contributed by atoms with Crippen molar-refractivity contribution < 1.29 is 13.2 Å². The Morgan fingerprint density at radius 3 is 2.91 bits per heavy atom. The zero-order chi connectivity index (χ0) is 16.3. The number of hydrogen-bond donors (Lipinski definition) is 0. The second-order valence-electron chi connectivity index (χ2n) is 5.52. The van der Waals surface area contributed by atoms with Gasteiger partial charge < -0.3 is 4.74 Å². The molecule has 1 aromatic carbocycles. The van der Waals surface area contributed by atoms with Gasteiger partial charge in [0.2, 0.25) is 10.0 Å². The molecule has 23 heavy (non-hydrogen) atoms. The first-order valence-electron chi connectivity index (χ1n) is 7.51. The SMILES string of the molecule is COc1cccc(S(=O)(=O)N2CCC[C@@H](c3ccncn3)C2)c1. The summed E-state index contributed by atoms with van der Waals surface area (Å²) in [6, 6.07) is 8.44. The monoisotopic (exact) mass is 333 g/mol. The summed E-state index contributed by atoms with van der Waals surface area (Å²) in [6.45, 7) is 0.970. The summed E-state index contributed by atoms with van der Waals surface area (Å²) in [5.74, 6) is 0.641. The lowest BCUT2D eigenvalue weighted by Gasteiger charge is -2.31. The zero-order valence-corrected chi connectivity index (χ0v) is 13.7. The summed E-state index contributed by atoms with van der Waals surface area (Å²) in [7, 11) is -2.00. The molecule has 1 aliphatic rings. The van der Waals surface area contributed by atoms with Crippen molar-refractivity contribution in [3.8, 4) is 5.75 Å². The molecule has 1 saturated heterocycles. The highest BCUT2D eigenvalue weighted by Crippen LogP contribution is 2.29. The van der Waals surface area contributed by atoms with E-state index in [0.717, 1.165) is 18.5 Å². The molecule has 1 aliphatic heterocycles. The van der Waals surface area contributed by atoms with E-state index in [2.05, 4.69) is 9.97 Å². The van der Waals surface area contributed by atoms with Gasteiger partial charge in [-0.1, -0.05) is 6.07 Å². The highest BCUT2D eigenvalue weighted by molar-refractivity contribution is 7.89. The van der Waals surface area contributed by atoms with Crippen LogP contribution in [-0.2, 0) is 10.0 Å². The molecule has 0 saturated carbocycles. The first-order valence-corrected chi connectivity index (χ1v) is 8.95. The Bertz CT molecular complexity index is 765. The van der Waals surface area contributed by atoms with E-state index in [-0.39, 0.29) is 10.8 Å². The van der Waals surface area contributed by atoms with Gasteiger partial charge in [-0.05, 0) is 31.0 Å². The van der Waals surface area contributed by atoms with Crippen LogP contribution < -0.4 is 4.74 Å². The van der Waals surface area contributed by atoms with E-state index in [1.54, 1.807) is 30.5 Å². The van der Waals surface area contributed by atoms with Gasteiger partial charge in [-0.2, -0.15) is 4.31 Å². The first kappa shape index (κ1) is 15.9. The van der Waals surface area contributed by atoms with Gasteiger partial charge in [-0.25, -0.2) is 18.4 Å². The molecule has 0 amide bonds. The number of rotatable bonds is 4. The van der Waals surface area contributed by atoms with Crippen LogP contribution in [0.1, 0.15) is 24.5 Å². The standard InChI is InChI=1S/C16H19N3O3S/c1-22-14-5-2-6-15(10-14)23(20,21)19-9-3-4-13(11-19)16-7-8-17-12-18-16/h2,5-8,10,12-13H,3-4,9,11H2,1H3/t13-/m1/s1. The number of hydrogen-bond acceptors (Lipinski definition) is 5. The van der Waals surface area contributed by atoms with Crippen molar-refractivity contribution in [3.63, 3.8) is 0 Å². The van der Waals surface area contributed by atoms with E-state index in [4.69, 9.17) is 4.74 Å². The summed E-state index contributed by atoms with van der Waals surface area (Å²) >= 11 is 0. The van der Waals surface area contributed by atoms with Crippen LogP contribution >= 0.6 is 0 Å². The number of piperidine rings is 1. The van der Waals surface area contributed by atoms with E-state index < -0.39 is 10.0 Å². The lowest BCUT2D eigenvalue weighted by Crippen LogP contribution is -2.39. The van der Waals surface area contributed by atoms with Crippen molar-refractivity contribution in [2.45, 2.75) is 23.7 Å². The van der Waals surface area contributed by atoms with Crippen LogP contribution in [0, 0.1) is 0 Å². The molecule has 1 aromatic heterocycles. The Morgan fingerprint density at radius 1 is 1.30 bits per heavy atom. The highest BCUT2D eigenvalue weighted by atomic mass is 32.2. The summed E-state index contributed by atoms with van der Waals surface area (Å²) < 4.78 is 32.4. The van der Waals surface area contributed by atoms with Crippen molar-refractivity contribution in [2.24, 2.45) is 0 Å². The molecule has 0 N–H and O–H groups in total. The molecule has 6 nitrogen and oxygen atoms in total. The third-order valence-corrected chi connectivity index (χ3v) is 5.95. The highest BCUT2D eigenvalue weighted by Gasteiger charge is 2.31. The van der Waals surface area contributed by atoms with Crippen LogP contribution in [0.3, 0.4) is 0 Å². The molecule has 0 bridgehead atoms. The third-order valence-electron chi connectivity index (χ3n) is 4.09. The van der Waals surface area contributed by atoms with Crippen molar-refractivity contribution in [3.05, 3.63) is 48.5 Å². The minimum Gasteiger partial charge on any atom is -0.497 e. The van der Waals surface area contributed by atoms with Crippen LogP contribution in [0.15, 0.2) is 47.8 Å². The summed E-state index contributed by atoms with van der Waals surface area (Å²) in [5.41, 5.74) is 0.894. The maximum Gasteiger partial charge on any atom is 0.243 e. The van der Waals surface area contributed by atoms with Crippen LogP contribution in [0.4, 0.5) is 0 Å². The summed E-state index contributed by atoms with van der Waals surface area (Å²) in [6.07, 6.45) is 4.95. The van der Waals surface area contributed by atoms with Crippen LogP contribution in [-0.4, -0.2) is 42.9 Å². The third kappa shape index (κ3) is 3.35. The van der Waals surface area contributed by atoms with Crippen molar-refractivity contribution in [1.29, 1.82) is 0 Å². The normalized spacial score (nSPS) is 19.4. The topological polar surface area (TPSA) is 72.4 Å². The number of benzene rings is 1. The Balaban J connectivity index is 1.85. The number of sulfonamides is 1. The second-order valence-corrected chi connectivity index (χ2v) is 7.45. The molecule has 2 aromatic rings. The van der Waals surface area contributed by atoms with Gasteiger partial charge in [0.25, 0.3) is 0 Å². The van der Waals surface area contributed by atoms with Gasteiger partial charge in [-0.3, -0.25) is 0 Å². The van der Waals surface area contributed by atoms with Crippen molar-refractivity contribution >= 4 is 10.0 Å². The van der Waals surface area contributed by atoms with Crippen LogP contribution in [0.25, 0.3) is 0 Å². The minimum atomic E-state index is -3.53. The van der Waals surface area contributed by atoms with Gasteiger partial charge in [0.05, 0.1) is 12.0 Å². The molecule has 0 unspecified atom stereocenters. The molecule has 122 valence electrons. The molecule has 0 aliphatic carbocycles. The van der Waals surface area contributed by atoms with Crippen molar-refractivity contribution in [1.82, 2.24) is 14.3 Å². The Morgan fingerprint density at radius 2 is 2.17 bits per heavy atom. The fourth-order valence-electron chi connectivity index (χ4n) is 2.86. The summed E-state index contributed by atoms with van der Waals surface area (Å²) in [5, 5.41) is 0. The molecular formula is C16H19N3O3S. The smallest absolute Gasteiger partial charge is 0.243 e. The van der Waals surface area contributed by atoms with E-state index in [9.17, 15) is 8.42 Å². The molecule has 0 radical (unpaired) electrons. The van der Waals surface area contributed by atoms with Gasteiger partial charge in [-0.15, -0.1) is 0 Å². The number of aromatic nitrogens is 2. The Hall–Kier alpha value is -1.99. The molecule has 1 fully saturated rings. The van der Waals surface area contributed by atoms with E-state index >= 15 is 0 Å². The predicted molar refractivity (Wildman–Crippen MR) is 85.8 cm³/mol. The fourth-order valence-corrected chi connectivity index (χ4v) is 4.41. The first-order chi connectivity index (χ1) is 11.1. The van der Waals surface area contributed by atoms with Crippen LogP contribution in [0.2, 0.25) is 0 Å². The Labute approximate surface area is 136 Å². The molecule has 1 atom stereocenters. The number of nitrogens with zero attached hydrogens (tertiary/aromatic N) is 3. The van der Waals surface area contributed by atoms with Gasteiger partial charge in [0.1, 0.15) is 12.1 Å². The quantitative estimate of drug-likeness (QED) is 0.856. The van der Waals surface area contributed by atoms with Gasteiger partial charge in [0, 0.05) is 37.0 Å². The molecule has 3 rings (SSSR count). The maximum atomic E-state index is 12.9. The molecule has 2 heterocycles. The van der Waals surface area contributed by atoms with Crippen molar-refractivity contribution in [2.75, 3.05) is 20.2 Å². The van der Waals surface area contributed by atoms with Gasteiger partial charge >= 0.3 is 0 Å². The molecule has 0 spiro atoms. The zero-order valence-electron chi connectivity index (χ0n) is 12.9. The largest absolute Gasteiger partial charge is 0.497 e. The number of methoxy groups -OCH3 is 1. The Kier molecular flexibility index (Phi) is 4.58. The maximum absolute atomic E-state index is 12.9. The predicted octanol–water partition coefficient (Wildman–Crippen LogP) is 2.05. The van der Waals surface area contributed by atoms with Crippen LogP contribution in [0.5, 0.6) is 5.75 Å². The molecule has 7 heteroatoms. The summed E-state index contributed by atoms with van der Waals surface area (Å²) in [4.78, 5) is 8.45. The fraction of sp³-hybridized carbons (Fsp3) is 0.375. The molecular weight excluding hydrogens is 314 g/mol. The minimum absolute atomic E-state index is 0.104. The van der Waals surface area contributed by atoms with Gasteiger partial charge in [0.15, 0.2) is 0 Å². The lowest BCUT2D eigenvalue weighted by molar-refractivity contribution is 0.312. The number of ether oxygens (including phenoxy) is 1. The lowest BCUT2D eigenvalue weighted by atomic mass is 9.96. The average molecular weight is 333 g/mol. The van der Waals surface area contributed by atoms with E-state index in [1.807, 2.05) is 6.07 Å². The van der Waals surface area contributed by atoms with E-state index in [1.165, 1.54) is 17.7 Å². The average Bonchev–Trinajstić information content (AvgIpc) is 2.62. The second kappa shape index (κ2) is 6.64.